The van der Waals surface area contributed by atoms with Gasteiger partial charge >= 0.3 is 0 Å². The molecule has 4 nitrogen and oxygen atoms in total. The van der Waals surface area contributed by atoms with E-state index in [1.54, 1.807) is 18.0 Å². The summed E-state index contributed by atoms with van der Waals surface area (Å²) in [7, 11) is 5.01. The summed E-state index contributed by atoms with van der Waals surface area (Å²) >= 11 is 0. The molecular weight excluding hydrogens is 247 g/mol. The molecule has 0 atom stereocenters. The molecule has 0 spiro atoms. The van der Waals surface area contributed by atoms with Crippen molar-refractivity contribution in [2.24, 2.45) is 0 Å². The van der Waals surface area contributed by atoms with Crippen LogP contribution in [-0.2, 0) is 11.2 Å². The third-order valence-corrected chi connectivity index (χ3v) is 2.97. The first-order valence-electron chi connectivity index (χ1n) is 6.29. The van der Waals surface area contributed by atoms with E-state index in [2.05, 4.69) is 5.32 Å². The van der Waals surface area contributed by atoms with Gasteiger partial charge in [-0.25, -0.2) is 4.39 Å². The molecule has 0 radical (unpaired) electrons. The maximum atomic E-state index is 13.5. The molecule has 0 aliphatic rings. The van der Waals surface area contributed by atoms with E-state index in [0.717, 1.165) is 5.56 Å². The summed E-state index contributed by atoms with van der Waals surface area (Å²) < 4.78 is 18.3. The number of nitrogens with one attached hydrogen (secondary N) is 1. The zero-order valence-corrected chi connectivity index (χ0v) is 11.7. The van der Waals surface area contributed by atoms with E-state index in [0.29, 0.717) is 25.9 Å². The van der Waals surface area contributed by atoms with Gasteiger partial charge < -0.3 is 15.0 Å². The molecule has 0 unspecified atom stereocenters. The van der Waals surface area contributed by atoms with Crippen molar-refractivity contribution in [1.29, 1.82) is 0 Å². The fourth-order valence-corrected chi connectivity index (χ4v) is 1.71. The maximum Gasteiger partial charge on any atom is 0.223 e. The van der Waals surface area contributed by atoms with Gasteiger partial charge in [-0.1, -0.05) is 6.07 Å². The van der Waals surface area contributed by atoms with Crippen LogP contribution in [0.1, 0.15) is 12.0 Å². The van der Waals surface area contributed by atoms with Gasteiger partial charge in [0.1, 0.15) is 0 Å². The second-order valence-corrected chi connectivity index (χ2v) is 4.39. The SMILES string of the molecule is CNCCC(=O)N(C)CCc1ccc(OC)c(F)c1. The van der Waals surface area contributed by atoms with Gasteiger partial charge in [-0.15, -0.1) is 0 Å². The van der Waals surface area contributed by atoms with Crippen LogP contribution in [0.4, 0.5) is 4.39 Å². The van der Waals surface area contributed by atoms with Crippen LogP contribution in [0.5, 0.6) is 5.75 Å². The van der Waals surface area contributed by atoms with E-state index in [9.17, 15) is 9.18 Å². The van der Waals surface area contributed by atoms with Crippen LogP contribution in [0.2, 0.25) is 0 Å². The van der Waals surface area contributed by atoms with Crippen LogP contribution < -0.4 is 10.1 Å². The standard InChI is InChI=1S/C14H21FN2O2/c1-16-8-6-14(18)17(2)9-7-11-4-5-13(19-3)12(15)10-11/h4-5,10,16H,6-9H2,1-3H3. The number of carbonyl (C=O) groups excluding carboxylic acids is 1. The van der Waals surface area contributed by atoms with E-state index < -0.39 is 0 Å². The number of nitrogens with zero attached hydrogens (tertiary/aromatic N) is 1. The van der Waals surface area contributed by atoms with Gasteiger partial charge in [-0.2, -0.15) is 0 Å². The molecule has 1 aromatic carbocycles. The molecule has 1 rings (SSSR count). The Morgan fingerprint density at radius 3 is 2.79 bits per heavy atom. The number of amides is 1. The number of methoxy groups -OCH3 is 1. The van der Waals surface area contributed by atoms with E-state index in [1.165, 1.54) is 13.2 Å². The Morgan fingerprint density at radius 1 is 1.47 bits per heavy atom. The molecule has 1 N–H and O–H groups in total. The Kier molecular flexibility index (Phi) is 6.29. The van der Waals surface area contributed by atoms with Crippen LogP contribution in [-0.4, -0.2) is 45.1 Å². The lowest BCUT2D eigenvalue weighted by atomic mass is 10.1. The fourth-order valence-electron chi connectivity index (χ4n) is 1.71. The topological polar surface area (TPSA) is 41.6 Å². The molecule has 0 heterocycles. The molecule has 0 saturated carbocycles. The normalized spacial score (nSPS) is 10.3. The highest BCUT2D eigenvalue weighted by atomic mass is 19.1. The largest absolute Gasteiger partial charge is 0.494 e. The third kappa shape index (κ3) is 4.87. The minimum atomic E-state index is -0.371. The monoisotopic (exact) mass is 268 g/mol. The second kappa shape index (κ2) is 7.74. The van der Waals surface area contributed by atoms with Gasteiger partial charge in [0.15, 0.2) is 11.6 Å². The summed E-state index contributed by atoms with van der Waals surface area (Å²) in [5.74, 6) is -0.0466. The summed E-state index contributed by atoms with van der Waals surface area (Å²) in [6.45, 7) is 1.24. The quantitative estimate of drug-likeness (QED) is 0.813. The lowest BCUT2D eigenvalue weighted by Crippen LogP contribution is -2.30. The number of hydrogen-bond acceptors (Lipinski definition) is 3. The van der Waals surface area contributed by atoms with Crippen molar-refractivity contribution in [2.75, 3.05) is 34.3 Å². The summed E-state index contributed by atoms with van der Waals surface area (Å²) in [4.78, 5) is 13.3. The first-order chi connectivity index (χ1) is 9.08. The highest BCUT2D eigenvalue weighted by molar-refractivity contribution is 5.76. The minimum Gasteiger partial charge on any atom is -0.494 e. The first-order valence-corrected chi connectivity index (χ1v) is 6.29. The van der Waals surface area contributed by atoms with Crippen molar-refractivity contribution in [2.45, 2.75) is 12.8 Å². The number of carbonyl (C=O) groups is 1. The van der Waals surface area contributed by atoms with Crippen molar-refractivity contribution < 1.29 is 13.9 Å². The van der Waals surface area contributed by atoms with Gasteiger partial charge in [-0.3, -0.25) is 4.79 Å². The second-order valence-electron chi connectivity index (χ2n) is 4.39. The molecule has 0 aromatic heterocycles. The Morgan fingerprint density at radius 2 is 2.21 bits per heavy atom. The molecule has 0 aliphatic heterocycles. The Balaban J connectivity index is 2.48. The summed E-state index contributed by atoms with van der Waals surface area (Å²) in [5, 5.41) is 2.94. The number of likely N-dealkylation sites (N-methyl/N-ethyl adjacent to an activating group) is 1. The molecule has 5 heteroatoms. The Labute approximate surface area is 113 Å². The molecule has 106 valence electrons. The number of hydrogen-bond donors (Lipinski definition) is 1. The van der Waals surface area contributed by atoms with E-state index >= 15 is 0 Å². The van der Waals surface area contributed by atoms with Gasteiger partial charge in [0.05, 0.1) is 7.11 Å². The number of halogens is 1. The predicted octanol–water partition coefficient (Wildman–Crippen LogP) is 1.44. The maximum absolute atomic E-state index is 13.5. The van der Waals surface area contributed by atoms with Crippen molar-refractivity contribution in [3.8, 4) is 5.75 Å². The van der Waals surface area contributed by atoms with Crippen LogP contribution in [0.25, 0.3) is 0 Å². The number of benzene rings is 1. The number of ether oxygens (including phenoxy) is 1. The average molecular weight is 268 g/mol. The highest BCUT2D eigenvalue weighted by Gasteiger charge is 2.09. The zero-order chi connectivity index (χ0) is 14.3. The van der Waals surface area contributed by atoms with Crippen molar-refractivity contribution in [3.63, 3.8) is 0 Å². The van der Waals surface area contributed by atoms with Crippen LogP contribution >= 0.6 is 0 Å². The van der Waals surface area contributed by atoms with Crippen LogP contribution in [0, 0.1) is 5.82 Å². The summed E-state index contributed by atoms with van der Waals surface area (Å²) in [5.41, 5.74) is 0.853. The Bertz CT molecular complexity index is 424. The zero-order valence-electron chi connectivity index (χ0n) is 11.7. The molecule has 0 fully saturated rings. The predicted molar refractivity (Wildman–Crippen MR) is 72.8 cm³/mol. The average Bonchev–Trinajstić information content (AvgIpc) is 2.42. The van der Waals surface area contributed by atoms with Gasteiger partial charge in [0, 0.05) is 26.6 Å². The lowest BCUT2D eigenvalue weighted by molar-refractivity contribution is -0.129. The molecule has 1 amide bonds. The summed E-state index contributed by atoms with van der Waals surface area (Å²) in [6.07, 6.45) is 1.10. The lowest BCUT2D eigenvalue weighted by Gasteiger charge is -2.17. The summed E-state index contributed by atoms with van der Waals surface area (Å²) in [6, 6.07) is 4.87. The van der Waals surface area contributed by atoms with E-state index in [-0.39, 0.29) is 17.5 Å². The smallest absolute Gasteiger partial charge is 0.223 e. The first kappa shape index (κ1) is 15.4. The molecular formula is C14H21FN2O2. The molecule has 19 heavy (non-hydrogen) atoms. The van der Waals surface area contributed by atoms with Crippen molar-refractivity contribution >= 4 is 5.91 Å². The van der Waals surface area contributed by atoms with Crippen molar-refractivity contribution in [3.05, 3.63) is 29.6 Å². The van der Waals surface area contributed by atoms with Gasteiger partial charge in [-0.05, 0) is 31.2 Å². The van der Waals surface area contributed by atoms with E-state index in [1.807, 2.05) is 13.1 Å². The van der Waals surface area contributed by atoms with Crippen molar-refractivity contribution in [1.82, 2.24) is 10.2 Å². The Hall–Kier alpha value is -1.62. The minimum absolute atomic E-state index is 0.0864. The molecule has 0 saturated heterocycles. The molecule has 1 aromatic rings. The highest BCUT2D eigenvalue weighted by Crippen LogP contribution is 2.18. The fraction of sp³-hybridized carbons (Fsp3) is 0.500. The van der Waals surface area contributed by atoms with Gasteiger partial charge in [0.25, 0.3) is 0 Å². The van der Waals surface area contributed by atoms with E-state index in [4.69, 9.17) is 4.74 Å². The van der Waals surface area contributed by atoms with Crippen LogP contribution in [0.3, 0.4) is 0 Å². The molecule has 0 bridgehead atoms. The van der Waals surface area contributed by atoms with Crippen LogP contribution in [0.15, 0.2) is 18.2 Å². The molecule has 0 aliphatic carbocycles. The third-order valence-electron chi connectivity index (χ3n) is 2.97. The number of rotatable bonds is 7. The van der Waals surface area contributed by atoms with Gasteiger partial charge in [0.2, 0.25) is 5.91 Å².